The Bertz CT molecular complexity index is 844. The number of nitrogens with zero attached hydrogens (tertiary/aromatic N) is 1. The molecule has 3 aromatic rings. The molecule has 0 aliphatic rings. The molecule has 3 rings (SSSR count). The summed E-state index contributed by atoms with van der Waals surface area (Å²) in [6, 6.07) is 19.4. The summed E-state index contributed by atoms with van der Waals surface area (Å²) >= 11 is 0. The van der Waals surface area contributed by atoms with Gasteiger partial charge in [-0.2, -0.15) is 0 Å². The number of benzene rings is 2. The molecule has 5 heteroatoms. The molecule has 0 radical (unpaired) electrons. The molecule has 0 aliphatic carbocycles. The van der Waals surface area contributed by atoms with Crippen LogP contribution in [0.1, 0.15) is 22.6 Å². The Kier molecular flexibility index (Phi) is 5.69. The molecule has 0 saturated carbocycles. The van der Waals surface area contributed by atoms with Crippen molar-refractivity contribution in [1.29, 1.82) is 0 Å². The van der Waals surface area contributed by atoms with Crippen LogP contribution in [0.5, 0.6) is 0 Å². The van der Waals surface area contributed by atoms with Gasteiger partial charge >= 0.3 is 6.03 Å². The quantitative estimate of drug-likeness (QED) is 0.702. The van der Waals surface area contributed by atoms with Crippen molar-refractivity contribution in [2.45, 2.75) is 26.6 Å². The van der Waals surface area contributed by atoms with Gasteiger partial charge in [0.25, 0.3) is 0 Å². The van der Waals surface area contributed by atoms with Crippen LogP contribution in [0, 0.1) is 12.7 Å². The number of amides is 2. The van der Waals surface area contributed by atoms with Crippen LogP contribution < -0.4 is 5.32 Å². The maximum absolute atomic E-state index is 13.1. The third-order valence-electron chi connectivity index (χ3n) is 4.00. The molecule has 0 saturated heterocycles. The van der Waals surface area contributed by atoms with E-state index in [2.05, 4.69) is 5.32 Å². The van der Waals surface area contributed by atoms with Crippen molar-refractivity contribution in [2.75, 3.05) is 0 Å². The van der Waals surface area contributed by atoms with E-state index in [1.165, 1.54) is 12.1 Å². The molecule has 26 heavy (non-hydrogen) atoms. The molecule has 1 N–H and O–H groups in total. The summed E-state index contributed by atoms with van der Waals surface area (Å²) in [6.45, 7) is 3.01. The van der Waals surface area contributed by atoms with Gasteiger partial charge in [0.2, 0.25) is 0 Å². The van der Waals surface area contributed by atoms with Crippen LogP contribution in [0.25, 0.3) is 0 Å². The van der Waals surface area contributed by atoms with Crippen molar-refractivity contribution in [3.8, 4) is 0 Å². The van der Waals surface area contributed by atoms with Crippen LogP contribution in [0.2, 0.25) is 0 Å². The van der Waals surface area contributed by atoms with E-state index in [0.717, 1.165) is 16.9 Å². The number of halogens is 1. The first kappa shape index (κ1) is 17.7. The van der Waals surface area contributed by atoms with Crippen molar-refractivity contribution < 1.29 is 13.6 Å². The fourth-order valence-corrected chi connectivity index (χ4v) is 2.65. The van der Waals surface area contributed by atoms with Gasteiger partial charge in [0.05, 0.1) is 6.54 Å². The first-order chi connectivity index (χ1) is 12.6. The van der Waals surface area contributed by atoms with Crippen molar-refractivity contribution in [3.63, 3.8) is 0 Å². The van der Waals surface area contributed by atoms with Crippen LogP contribution in [0.4, 0.5) is 9.18 Å². The van der Waals surface area contributed by atoms with Crippen LogP contribution >= 0.6 is 0 Å². The zero-order chi connectivity index (χ0) is 18.4. The van der Waals surface area contributed by atoms with Crippen LogP contribution in [0.15, 0.2) is 71.1 Å². The van der Waals surface area contributed by atoms with Crippen LogP contribution in [0.3, 0.4) is 0 Å². The fourth-order valence-electron chi connectivity index (χ4n) is 2.65. The molecule has 0 unspecified atom stereocenters. The van der Waals surface area contributed by atoms with E-state index in [0.29, 0.717) is 25.4 Å². The van der Waals surface area contributed by atoms with Gasteiger partial charge < -0.3 is 14.6 Å². The third kappa shape index (κ3) is 4.96. The minimum atomic E-state index is -0.296. The average Bonchev–Trinajstić information content (AvgIpc) is 3.06. The Balaban J connectivity index is 1.70. The number of nitrogens with one attached hydrogen (secondary N) is 1. The SMILES string of the molecule is Cc1ccc(CN(Cc2ccc(F)cc2)C(=O)NCc2ccccc2)o1. The lowest BCUT2D eigenvalue weighted by atomic mass is 10.2. The van der Waals surface area contributed by atoms with Gasteiger partial charge in [-0.05, 0) is 42.3 Å². The predicted molar refractivity (Wildman–Crippen MR) is 97.8 cm³/mol. The van der Waals surface area contributed by atoms with Gasteiger partial charge in [0, 0.05) is 13.1 Å². The number of carbonyl (C=O) groups excluding carboxylic acids is 1. The second-order valence-corrected chi connectivity index (χ2v) is 6.14. The van der Waals surface area contributed by atoms with Crippen LogP contribution in [-0.2, 0) is 19.6 Å². The zero-order valence-electron chi connectivity index (χ0n) is 14.6. The van der Waals surface area contributed by atoms with Gasteiger partial charge in [-0.1, -0.05) is 42.5 Å². The number of hydrogen-bond donors (Lipinski definition) is 1. The number of furan rings is 1. The minimum Gasteiger partial charge on any atom is -0.464 e. The summed E-state index contributed by atoms with van der Waals surface area (Å²) in [7, 11) is 0. The molecule has 134 valence electrons. The van der Waals surface area contributed by atoms with Crippen molar-refractivity contribution in [1.82, 2.24) is 10.2 Å². The molecular weight excluding hydrogens is 331 g/mol. The van der Waals surface area contributed by atoms with E-state index in [1.54, 1.807) is 17.0 Å². The first-order valence-corrected chi connectivity index (χ1v) is 8.46. The van der Waals surface area contributed by atoms with Gasteiger partial charge in [-0.25, -0.2) is 9.18 Å². The Labute approximate surface area is 152 Å². The lowest BCUT2D eigenvalue weighted by Gasteiger charge is -2.22. The Morgan fingerprint density at radius 3 is 2.35 bits per heavy atom. The van der Waals surface area contributed by atoms with E-state index in [1.807, 2.05) is 49.4 Å². The highest BCUT2D eigenvalue weighted by Gasteiger charge is 2.16. The standard InChI is InChI=1S/C21H21FN2O2/c1-16-7-12-20(26-16)15-24(14-18-8-10-19(22)11-9-18)21(25)23-13-17-5-3-2-4-6-17/h2-12H,13-15H2,1H3,(H,23,25). The Morgan fingerprint density at radius 2 is 1.69 bits per heavy atom. The summed E-state index contributed by atoms with van der Waals surface area (Å²) in [4.78, 5) is 14.3. The van der Waals surface area contributed by atoms with Gasteiger partial charge in [0.1, 0.15) is 17.3 Å². The van der Waals surface area contributed by atoms with Crippen molar-refractivity contribution in [2.24, 2.45) is 0 Å². The van der Waals surface area contributed by atoms with E-state index < -0.39 is 0 Å². The van der Waals surface area contributed by atoms with E-state index in [9.17, 15) is 9.18 Å². The summed E-state index contributed by atoms with van der Waals surface area (Å²) in [5.41, 5.74) is 1.88. The molecule has 1 heterocycles. The number of rotatable bonds is 6. The molecule has 2 aromatic carbocycles. The second-order valence-electron chi connectivity index (χ2n) is 6.14. The molecule has 4 nitrogen and oxygen atoms in total. The average molecular weight is 352 g/mol. The largest absolute Gasteiger partial charge is 0.464 e. The fraction of sp³-hybridized carbons (Fsp3) is 0.190. The highest BCUT2D eigenvalue weighted by Crippen LogP contribution is 2.14. The van der Waals surface area contributed by atoms with Gasteiger partial charge in [-0.15, -0.1) is 0 Å². The highest BCUT2D eigenvalue weighted by atomic mass is 19.1. The molecule has 0 fully saturated rings. The van der Waals surface area contributed by atoms with Gasteiger partial charge in [0.15, 0.2) is 0 Å². The topological polar surface area (TPSA) is 45.5 Å². The second kappa shape index (κ2) is 8.34. The number of aryl methyl sites for hydroxylation is 1. The molecule has 1 aromatic heterocycles. The monoisotopic (exact) mass is 352 g/mol. The Hall–Kier alpha value is -3.08. The summed E-state index contributed by atoms with van der Waals surface area (Å²) in [5, 5.41) is 2.93. The first-order valence-electron chi connectivity index (χ1n) is 8.46. The van der Waals surface area contributed by atoms with E-state index in [-0.39, 0.29) is 11.8 Å². The maximum atomic E-state index is 13.1. The summed E-state index contributed by atoms with van der Waals surface area (Å²) < 4.78 is 18.7. The summed E-state index contributed by atoms with van der Waals surface area (Å²) in [6.07, 6.45) is 0. The van der Waals surface area contributed by atoms with E-state index >= 15 is 0 Å². The molecule has 0 bridgehead atoms. The number of hydrogen-bond acceptors (Lipinski definition) is 2. The smallest absolute Gasteiger partial charge is 0.318 e. The molecular formula is C21H21FN2O2. The molecule has 0 aliphatic heterocycles. The minimum absolute atomic E-state index is 0.202. The van der Waals surface area contributed by atoms with Crippen LogP contribution in [-0.4, -0.2) is 10.9 Å². The maximum Gasteiger partial charge on any atom is 0.318 e. The van der Waals surface area contributed by atoms with Crippen molar-refractivity contribution in [3.05, 3.63) is 95.2 Å². The zero-order valence-corrected chi connectivity index (χ0v) is 14.6. The predicted octanol–water partition coefficient (Wildman–Crippen LogP) is 4.64. The number of carbonyl (C=O) groups is 1. The highest BCUT2D eigenvalue weighted by molar-refractivity contribution is 5.74. The van der Waals surface area contributed by atoms with Gasteiger partial charge in [-0.3, -0.25) is 0 Å². The molecule has 2 amide bonds. The lowest BCUT2D eigenvalue weighted by molar-refractivity contribution is 0.186. The number of urea groups is 1. The normalized spacial score (nSPS) is 10.5. The molecule has 0 spiro atoms. The summed E-state index contributed by atoms with van der Waals surface area (Å²) in [5.74, 6) is 1.21. The molecule has 0 atom stereocenters. The third-order valence-corrected chi connectivity index (χ3v) is 4.00. The lowest BCUT2D eigenvalue weighted by Crippen LogP contribution is -2.38. The Morgan fingerprint density at radius 1 is 0.962 bits per heavy atom. The van der Waals surface area contributed by atoms with Crippen molar-refractivity contribution >= 4 is 6.03 Å². The van der Waals surface area contributed by atoms with E-state index in [4.69, 9.17) is 4.42 Å².